The number of piperidine rings is 1. The van der Waals surface area contributed by atoms with E-state index in [4.69, 9.17) is 43.4 Å². The molecular formula is C37H45Cl2N5O5. The van der Waals surface area contributed by atoms with Crippen LogP contribution in [-0.2, 0) is 38.4 Å². The SMILES string of the molecule is CC(=O)N(Cc1ccc(-c2cnc(N)c(CCc3c(Cl)cccc3Cl)n2)cc1)C1CCN(C(=O)OC(C)(C)C)[C@@H](C(=O)OC2CCCC2)C1. The summed E-state index contributed by atoms with van der Waals surface area (Å²) in [5.74, 6) is -0.201. The Balaban J connectivity index is 1.28. The number of carbonyl (C=O) groups is 3. The molecule has 49 heavy (non-hydrogen) atoms. The number of ether oxygens (including phenoxy) is 2. The minimum Gasteiger partial charge on any atom is -0.461 e. The molecule has 2 aliphatic rings. The first kappa shape index (κ1) is 36.4. The van der Waals surface area contributed by atoms with E-state index in [1.165, 1.54) is 11.8 Å². The van der Waals surface area contributed by atoms with E-state index in [2.05, 4.69) is 4.98 Å². The fraction of sp³-hybridized carbons (Fsp3) is 0.486. The van der Waals surface area contributed by atoms with Crippen LogP contribution in [-0.4, -0.2) is 68.1 Å². The topological polar surface area (TPSA) is 128 Å². The third-order valence-electron chi connectivity index (χ3n) is 9.06. The summed E-state index contributed by atoms with van der Waals surface area (Å²) in [4.78, 5) is 52.1. The second kappa shape index (κ2) is 15.8. The average Bonchev–Trinajstić information content (AvgIpc) is 3.56. The van der Waals surface area contributed by atoms with E-state index >= 15 is 0 Å². The van der Waals surface area contributed by atoms with E-state index < -0.39 is 23.7 Å². The Morgan fingerprint density at radius 1 is 1.00 bits per heavy atom. The summed E-state index contributed by atoms with van der Waals surface area (Å²) < 4.78 is 11.5. The van der Waals surface area contributed by atoms with Crippen molar-refractivity contribution >= 4 is 47.0 Å². The van der Waals surface area contributed by atoms with Crippen molar-refractivity contribution in [3.05, 3.63) is 75.5 Å². The van der Waals surface area contributed by atoms with Crippen LogP contribution in [0.15, 0.2) is 48.7 Å². The largest absolute Gasteiger partial charge is 0.461 e. The maximum Gasteiger partial charge on any atom is 0.411 e. The van der Waals surface area contributed by atoms with Crippen molar-refractivity contribution in [3.8, 4) is 11.3 Å². The minimum absolute atomic E-state index is 0.115. The zero-order valence-corrected chi connectivity index (χ0v) is 30.1. The number of amides is 2. The summed E-state index contributed by atoms with van der Waals surface area (Å²) in [6.45, 7) is 7.53. The standard InChI is InChI=1S/C37H45Cl2N5O5/c1-23(45)44(26-18-19-43(36(47)49-37(2,3)4)33(20-26)35(46)48-27-8-5-6-9-27)22-24-12-14-25(15-13-24)32-21-41-34(40)31(42-32)17-16-28-29(38)10-7-11-30(28)39/h7,10-15,21,26-27,33H,5-6,8-9,16-20,22H2,1-4H3,(H2,40,41)/t26?,33-/m1/s1. The van der Waals surface area contributed by atoms with Crippen molar-refractivity contribution in [3.63, 3.8) is 0 Å². The van der Waals surface area contributed by atoms with Crippen molar-refractivity contribution in [2.24, 2.45) is 0 Å². The maximum absolute atomic E-state index is 13.5. The summed E-state index contributed by atoms with van der Waals surface area (Å²) >= 11 is 12.7. The molecule has 0 bridgehead atoms. The van der Waals surface area contributed by atoms with Crippen LogP contribution in [0.3, 0.4) is 0 Å². The Labute approximate surface area is 298 Å². The molecule has 3 aromatic rings. The molecule has 1 aromatic heterocycles. The van der Waals surface area contributed by atoms with Crippen molar-refractivity contribution in [2.45, 2.75) is 109 Å². The second-order valence-electron chi connectivity index (χ2n) is 13.8. The maximum atomic E-state index is 13.5. The van der Waals surface area contributed by atoms with Crippen LogP contribution in [0, 0.1) is 0 Å². The third-order valence-corrected chi connectivity index (χ3v) is 9.77. The van der Waals surface area contributed by atoms with Gasteiger partial charge in [-0.25, -0.2) is 19.6 Å². The monoisotopic (exact) mass is 709 g/mol. The Morgan fingerprint density at radius 3 is 2.31 bits per heavy atom. The van der Waals surface area contributed by atoms with Gasteiger partial charge in [0.25, 0.3) is 0 Å². The van der Waals surface area contributed by atoms with Crippen LogP contribution >= 0.6 is 23.2 Å². The van der Waals surface area contributed by atoms with Gasteiger partial charge in [-0.3, -0.25) is 9.69 Å². The van der Waals surface area contributed by atoms with Crippen LogP contribution < -0.4 is 5.73 Å². The number of likely N-dealkylation sites (tertiary alicyclic amines) is 1. The fourth-order valence-corrected chi connectivity index (χ4v) is 7.08. The van der Waals surface area contributed by atoms with E-state index in [1.807, 2.05) is 30.3 Å². The first-order valence-electron chi connectivity index (χ1n) is 16.9. The van der Waals surface area contributed by atoms with Gasteiger partial charge < -0.3 is 20.1 Å². The zero-order chi connectivity index (χ0) is 35.3. The molecule has 2 heterocycles. The molecule has 1 aliphatic carbocycles. The summed E-state index contributed by atoms with van der Waals surface area (Å²) in [6, 6.07) is 12.1. The summed E-state index contributed by atoms with van der Waals surface area (Å²) in [5, 5.41) is 1.19. The molecule has 1 aliphatic heterocycles. The normalized spacial score (nSPS) is 18.3. The predicted octanol–water partition coefficient (Wildman–Crippen LogP) is 7.42. The number of aryl methyl sites for hydroxylation is 1. The molecule has 1 saturated heterocycles. The minimum atomic E-state index is -0.842. The molecule has 1 saturated carbocycles. The average molecular weight is 711 g/mol. The van der Waals surface area contributed by atoms with E-state index in [9.17, 15) is 14.4 Å². The lowest BCUT2D eigenvalue weighted by Gasteiger charge is -2.42. The molecule has 5 rings (SSSR count). The summed E-state index contributed by atoms with van der Waals surface area (Å²) in [7, 11) is 0. The summed E-state index contributed by atoms with van der Waals surface area (Å²) in [5.41, 5.74) is 9.38. The second-order valence-corrected chi connectivity index (χ2v) is 14.7. The predicted molar refractivity (Wildman–Crippen MR) is 190 cm³/mol. The molecule has 1 unspecified atom stereocenters. The van der Waals surface area contributed by atoms with Gasteiger partial charge >= 0.3 is 12.1 Å². The highest BCUT2D eigenvalue weighted by Crippen LogP contribution is 2.30. The van der Waals surface area contributed by atoms with Crippen LogP contribution in [0.1, 0.15) is 83.0 Å². The van der Waals surface area contributed by atoms with E-state index in [-0.39, 0.29) is 31.0 Å². The van der Waals surface area contributed by atoms with Gasteiger partial charge in [0.05, 0.1) is 17.6 Å². The lowest BCUT2D eigenvalue weighted by atomic mass is 9.95. The third kappa shape index (κ3) is 9.42. The number of benzene rings is 2. The molecule has 262 valence electrons. The number of hydrogen-bond acceptors (Lipinski definition) is 8. The van der Waals surface area contributed by atoms with Gasteiger partial charge in [0.15, 0.2) is 0 Å². The molecular weight excluding hydrogens is 665 g/mol. The number of esters is 1. The smallest absolute Gasteiger partial charge is 0.411 e. The molecule has 12 heteroatoms. The molecule has 2 aromatic carbocycles. The van der Waals surface area contributed by atoms with Gasteiger partial charge in [0.1, 0.15) is 23.6 Å². The van der Waals surface area contributed by atoms with Gasteiger partial charge in [-0.2, -0.15) is 0 Å². The zero-order valence-electron chi connectivity index (χ0n) is 28.6. The van der Waals surface area contributed by atoms with Gasteiger partial charge in [-0.15, -0.1) is 0 Å². The Bertz CT molecular complexity index is 1640. The molecule has 10 nitrogen and oxygen atoms in total. The number of nitrogen functional groups attached to an aromatic ring is 1. The lowest BCUT2D eigenvalue weighted by molar-refractivity contribution is -0.158. The lowest BCUT2D eigenvalue weighted by Crippen LogP contribution is -2.56. The van der Waals surface area contributed by atoms with E-state index in [0.717, 1.165) is 42.4 Å². The quantitative estimate of drug-likeness (QED) is 0.227. The fourth-order valence-electron chi connectivity index (χ4n) is 6.49. The molecule has 2 fully saturated rings. The number of carbonyl (C=O) groups excluding carboxylic acids is 3. The number of nitrogens with two attached hydrogens (primary N) is 1. The van der Waals surface area contributed by atoms with Crippen molar-refractivity contribution in [1.29, 1.82) is 0 Å². The summed E-state index contributed by atoms with van der Waals surface area (Å²) in [6.07, 6.45) is 6.49. The van der Waals surface area contributed by atoms with Gasteiger partial charge in [-0.05, 0) is 95.4 Å². The molecule has 2 N–H and O–H groups in total. The van der Waals surface area contributed by atoms with Crippen molar-refractivity contribution < 1.29 is 23.9 Å². The number of rotatable bonds is 9. The molecule has 0 spiro atoms. The number of anilines is 1. The van der Waals surface area contributed by atoms with E-state index in [1.54, 1.807) is 44.0 Å². The Kier molecular flexibility index (Phi) is 11.7. The first-order chi connectivity index (χ1) is 23.3. The van der Waals surface area contributed by atoms with Crippen molar-refractivity contribution in [2.75, 3.05) is 12.3 Å². The highest BCUT2D eigenvalue weighted by molar-refractivity contribution is 6.36. The van der Waals surface area contributed by atoms with Gasteiger partial charge in [-0.1, -0.05) is 53.5 Å². The number of aromatic nitrogens is 2. The number of hydrogen-bond donors (Lipinski definition) is 1. The Hall–Kier alpha value is -3.89. The van der Waals surface area contributed by atoms with Crippen LogP contribution in [0.4, 0.5) is 10.6 Å². The van der Waals surface area contributed by atoms with Crippen molar-refractivity contribution in [1.82, 2.24) is 19.8 Å². The number of nitrogens with zero attached hydrogens (tertiary/aromatic N) is 4. The highest BCUT2D eigenvalue weighted by Gasteiger charge is 2.42. The molecule has 2 atom stereocenters. The number of halogens is 2. The van der Waals surface area contributed by atoms with Crippen LogP contribution in [0.5, 0.6) is 0 Å². The molecule has 2 amide bonds. The van der Waals surface area contributed by atoms with Gasteiger partial charge in [0, 0.05) is 41.7 Å². The van der Waals surface area contributed by atoms with Gasteiger partial charge in [0.2, 0.25) is 5.91 Å². The highest BCUT2D eigenvalue weighted by atomic mass is 35.5. The van der Waals surface area contributed by atoms with Crippen LogP contribution in [0.2, 0.25) is 10.0 Å². The van der Waals surface area contributed by atoms with E-state index in [0.29, 0.717) is 53.1 Å². The Morgan fingerprint density at radius 2 is 1.67 bits per heavy atom. The first-order valence-corrected chi connectivity index (χ1v) is 17.7. The van der Waals surface area contributed by atoms with Crippen LogP contribution in [0.25, 0.3) is 11.3 Å². The molecule has 0 radical (unpaired) electrons.